The molecule has 82 valence electrons. The number of hydrogen-bond donors (Lipinski definition) is 0. The van der Waals surface area contributed by atoms with Crippen molar-refractivity contribution in [3.05, 3.63) is 34.3 Å². The smallest absolute Gasteiger partial charge is 0.140 e. The number of carbonyl (C=O) groups is 1. The number of halogens is 1. The van der Waals surface area contributed by atoms with Crippen LogP contribution < -0.4 is 0 Å². The van der Waals surface area contributed by atoms with Crippen molar-refractivity contribution in [1.82, 2.24) is 0 Å². The molecule has 0 radical (unpaired) electrons. The van der Waals surface area contributed by atoms with Gasteiger partial charge in [0.1, 0.15) is 5.78 Å². The molecule has 0 amide bonds. The fourth-order valence-corrected chi connectivity index (χ4v) is 1.84. The summed E-state index contributed by atoms with van der Waals surface area (Å²) in [6, 6.07) is 7.96. The molecule has 0 heterocycles. The van der Waals surface area contributed by atoms with Gasteiger partial charge >= 0.3 is 0 Å². The quantitative estimate of drug-likeness (QED) is 0.789. The van der Waals surface area contributed by atoms with Crippen LogP contribution in [0.2, 0.25) is 0 Å². The predicted molar refractivity (Wildman–Crippen MR) is 66.9 cm³/mol. The second kappa shape index (κ2) is 6.06. The third kappa shape index (κ3) is 4.17. The Morgan fingerprint density at radius 2 is 1.93 bits per heavy atom. The summed E-state index contributed by atoms with van der Waals surface area (Å²) >= 11 is 3.38. The van der Waals surface area contributed by atoms with Gasteiger partial charge in [-0.15, -0.1) is 0 Å². The minimum absolute atomic E-state index is 0.193. The average molecular weight is 269 g/mol. The maximum Gasteiger partial charge on any atom is 0.140 e. The van der Waals surface area contributed by atoms with Gasteiger partial charge < -0.3 is 0 Å². The van der Waals surface area contributed by atoms with Gasteiger partial charge in [-0.3, -0.25) is 4.79 Å². The molecule has 1 aromatic carbocycles. The van der Waals surface area contributed by atoms with Crippen LogP contribution in [0, 0.1) is 5.92 Å². The van der Waals surface area contributed by atoms with E-state index in [2.05, 4.69) is 22.9 Å². The molecule has 0 fully saturated rings. The highest BCUT2D eigenvalue weighted by Gasteiger charge is 2.11. The molecule has 0 bridgehead atoms. The molecule has 0 spiro atoms. The van der Waals surface area contributed by atoms with E-state index in [1.165, 1.54) is 0 Å². The molecule has 0 N–H and O–H groups in total. The number of rotatable bonds is 5. The summed E-state index contributed by atoms with van der Waals surface area (Å²) < 4.78 is 1.06. The Hall–Kier alpha value is -0.630. The van der Waals surface area contributed by atoms with Crippen LogP contribution in [0.5, 0.6) is 0 Å². The van der Waals surface area contributed by atoms with Crippen LogP contribution in [0.4, 0.5) is 0 Å². The highest BCUT2D eigenvalue weighted by Crippen LogP contribution is 2.14. The highest BCUT2D eigenvalue weighted by atomic mass is 79.9. The lowest BCUT2D eigenvalue weighted by molar-refractivity contribution is -0.121. The molecular weight excluding hydrogens is 252 g/mol. The van der Waals surface area contributed by atoms with E-state index >= 15 is 0 Å². The normalized spacial score (nSPS) is 12.5. The summed E-state index contributed by atoms with van der Waals surface area (Å²) in [5.74, 6) is 0.540. The van der Waals surface area contributed by atoms with Crippen molar-refractivity contribution in [3.63, 3.8) is 0 Å². The Morgan fingerprint density at radius 3 is 2.47 bits per heavy atom. The zero-order valence-electron chi connectivity index (χ0n) is 9.29. The number of hydrogen-bond acceptors (Lipinski definition) is 1. The predicted octanol–water partition coefficient (Wildman–Crippen LogP) is 4.00. The lowest BCUT2D eigenvalue weighted by Crippen LogP contribution is -2.13. The van der Waals surface area contributed by atoms with Gasteiger partial charge in [0.2, 0.25) is 0 Å². The van der Waals surface area contributed by atoms with Crippen molar-refractivity contribution < 1.29 is 4.79 Å². The molecule has 1 atom stereocenters. The van der Waals surface area contributed by atoms with Crippen LogP contribution in [-0.2, 0) is 11.2 Å². The molecule has 0 aliphatic heterocycles. The molecule has 0 saturated heterocycles. The first kappa shape index (κ1) is 12.4. The lowest BCUT2D eigenvalue weighted by atomic mass is 9.96. The van der Waals surface area contributed by atoms with Crippen LogP contribution in [0.3, 0.4) is 0 Å². The standard InChI is InChI=1S/C13H17BrO/c1-3-4-10(2)13(15)9-11-5-7-12(14)8-6-11/h5-8,10H,3-4,9H2,1-2H3. The Bertz CT molecular complexity index is 316. The van der Waals surface area contributed by atoms with Crippen molar-refractivity contribution in [2.45, 2.75) is 33.1 Å². The molecule has 1 unspecified atom stereocenters. The Morgan fingerprint density at radius 1 is 1.33 bits per heavy atom. The van der Waals surface area contributed by atoms with Gasteiger partial charge in [-0.05, 0) is 24.1 Å². The number of Topliss-reactive ketones (excluding diaryl/α,β-unsaturated/α-hetero) is 1. The van der Waals surface area contributed by atoms with E-state index in [0.717, 1.165) is 22.9 Å². The summed E-state index contributed by atoms with van der Waals surface area (Å²) in [6.07, 6.45) is 2.64. The van der Waals surface area contributed by atoms with E-state index in [0.29, 0.717) is 12.2 Å². The summed E-state index contributed by atoms with van der Waals surface area (Å²) in [5.41, 5.74) is 1.10. The Labute approximate surface area is 100 Å². The van der Waals surface area contributed by atoms with E-state index < -0.39 is 0 Å². The third-order valence-electron chi connectivity index (χ3n) is 2.56. The first-order chi connectivity index (χ1) is 7.13. The zero-order valence-corrected chi connectivity index (χ0v) is 10.9. The number of carbonyl (C=O) groups excluding carboxylic acids is 1. The first-order valence-corrected chi connectivity index (χ1v) is 6.20. The molecule has 0 aliphatic carbocycles. The second-order valence-electron chi connectivity index (χ2n) is 3.96. The molecule has 2 heteroatoms. The van der Waals surface area contributed by atoms with Crippen molar-refractivity contribution in [2.24, 2.45) is 5.92 Å². The second-order valence-corrected chi connectivity index (χ2v) is 4.87. The SMILES string of the molecule is CCCC(C)C(=O)Cc1ccc(Br)cc1. The van der Waals surface area contributed by atoms with E-state index in [1.54, 1.807) is 0 Å². The maximum absolute atomic E-state index is 11.8. The third-order valence-corrected chi connectivity index (χ3v) is 3.09. The van der Waals surface area contributed by atoms with Gasteiger partial charge in [-0.25, -0.2) is 0 Å². The van der Waals surface area contributed by atoms with E-state index in [9.17, 15) is 4.79 Å². The zero-order chi connectivity index (χ0) is 11.3. The van der Waals surface area contributed by atoms with Crippen molar-refractivity contribution in [3.8, 4) is 0 Å². The molecule has 1 rings (SSSR count). The molecule has 1 nitrogen and oxygen atoms in total. The van der Waals surface area contributed by atoms with Gasteiger partial charge in [0.05, 0.1) is 0 Å². The number of ketones is 1. The van der Waals surface area contributed by atoms with Gasteiger partial charge in [0.25, 0.3) is 0 Å². The van der Waals surface area contributed by atoms with Gasteiger partial charge in [0, 0.05) is 16.8 Å². The van der Waals surface area contributed by atoms with Crippen molar-refractivity contribution >= 4 is 21.7 Å². The van der Waals surface area contributed by atoms with E-state index in [4.69, 9.17) is 0 Å². The van der Waals surface area contributed by atoms with E-state index in [-0.39, 0.29) is 5.92 Å². The molecule has 0 saturated carbocycles. The molecule has 0 aliphatic rings. The highest BCUT2D eigenvalue weighted by molar-refractivity contribution is 9.10. The lowest BCUT2D eigenvalue weighted by Gasteiger charge is -2.08. The molecule has 0 aromatic heterocycles. The van der Waals surface area contributed by atoms with Crippen LogP contribution >= 0.6 is 15.9 Å². The van der Waals surface area contributed by atoms with Crippen LogP contribution in [0.1, 0.15) is 32.3 Å². The maximum atomic E-state index is 11.8. The fourth-order valence-electron chi connectivity index (χ4n) is 1.57. The minimum Gasteiger partial charge on any atom is -0.299 e. The fraction of sp³-hybridized carbons (Fsp3) is 0.462. The largest absolute Gasteiger partial charge is 0.299 e. The van der Waals surface area contributed by atoms with Gasteiger partial charge in [-0.2, -0.15) is 0 Å². The summed E-state index contributed by atoms with van der Waals surface area (Å²) in [6.45, 7) is 4.13. The molecule has 15 heavy (non-hydrogen) atoms. The van der Waals surface area contributed by atoms with Gasteiger partial charge in [0.15, 0.2) is 0 Å². The molecular formula is C13H17BrO. The monoisotopic (exact) mass is 268 g/mol. The Kier molecular flexibility index (Phi) is 5.03. The summed E-state index contributed by atoms with van der Waals surface area (Å²) in [7, 11) is 0. The van der Waals surface area contributed by atoms with E-state index in [1.807, 2.05) is 31.2 Å². The van der Waals surface area contributed by atoms with Crippen LogP contribution in [-0.4, -0.2) is 5.78 Å². The first-order valence-electron chi connectivity index (χ1n) is 5.40. The average Bonchev–Trinajstić information content (AvgIpc) is 2.22. The van der Waals surface area contributed by atoms with Crippen molar-refractivity contribution in [2.75, 3.05) is 0 Å². The summed E-state index contributed by atoms with van der Waals surface area (Å²) in [5, 5.41) is 0. The van der Waals surface area contributed by atoms with Gasteiger partial charge in [-0.1, -0.05) is 48.3 Å². The number of benzene rings is 1. The van der Waals surface area contributed by atoms with Crippen molar-refractivity contribution in [1.29, 1.82) is 0 Å². The molecule has 1 aromatic rings. The topological polar surface area (TPSA) is 17.1 Å². The van der Waals surface area contributed by atoms with Crippen LogP contribution in [0.15, 0.2) is 28.7 Å². The summed E-state index contributed by atoms with van der Waals surface area (Å²) in [4.78, 5) is 11.8. The Balaban J connectivity index is 2.54. The minimum atomic E-state index is 0.193. The van der Waals surface area contributed by atoms with Crippen LogP contribution in [0.25, 0.3) is 0 Å².